The van der Waals surface area contributed by atoms with E-state index in [2.05, 4.69) is 4.90 Å². The smallest absolute Gasteiger partial charge is 0.176 e. The predicted octanol–water partition coefficient (Wildman–Crippen LogP) is 3.64. The van der Waals surface area contributed by atoms with E-state index in [1.54, 1.807) is 12.1 Å². The molecular weight excluding hydrogens is 352 g/mol. The standard InChI is InChI=1S/C21H21F2NO3/c22-16-3-6-21(19(23)9-16)27-18-7-14-10-24(11-15(14)8-18)12-20(26)13-1-4-17(25)5-2-13/h1-6,9,14-15,18,25H,7-8,10-12H2/t14-,15+,18-. The number of aromatic hydroxyl groups is 1. The summed E-state index contributed by atoms with van der Waals surface area (Å²) in [6, 6.07) is 9.67. The van der Waals surface area contributed by atoms with Gasteiger partial charge < -0.3 is 9.84 Å². The van der Waals surface area contributed by atoms with E-state index in [1.807, 2.05) is 0 Å². The number of hydrogen-bond donors (Lipinski definition) is 1. The molecule has 0 unspecified atom stereocenters. The molecule has 2 aromatic carbocycles. The van der Waals surface area contributed by atoms with E-state index in [0.717, 1.165) is 32.0 Å². The Labute approximate surface area is 156 Å². The molecule has 2 aromatic rings. The van der Waals surface area contributed by atoms with Gasteiger partial charge in [-0.2, -0.15) is 0 Å². The zero-order chi connectivity index (χ0) is 19.0. The number of carbonyl (C=O) groups excluding carboxylic acids is 1. The number of fused-ring (bicyclic) bond motifs is 1. The van der Waals surface area contributed by atoms with Gasteiger partial charge in [-0.15, -0.1) is 0 Å². The molecule has 1 heterocycles. The lowest BCUT2D eigenvalue weighted by Gasteiger charge is -2.19. The van der Waals surface area contributed by atoms with Gasteiger partial charge in [-0.3, -0.25) is 9.69 Å². The van der Waals surface area contributed by atoms with E-state index in [0.29, 0.717) is 23.9 Å². The molecule has 6 heteroatoms. The number of rotatable bonds is 5. The first-order valence-corrected chi connectivity index (χ1v) is 9.14. The number of Topliss-reactive ketones (excluding diaryl/α,β-unsaturated/α-hetero) is 1. The summed E-state index contributed by atoms with van der Waals surface area (Å²) >= 11 is 0. The molecule has 4 nitrogen and oxygen atoms in total. The van der Waals surface area contributed by atoms with Crippen LogP contribution in [0.1, 0.15) is 23.2 Å². The maximum Gasteiger partial charge on any atom is 0.176 e. The van der Waals surface area contributed by atoms with Crippen molar-refractivity contribution in [2.75, 3.05) is 19.6 Å². The van der Waals surface area contributed by atoms with Crippen molar-refractivity contribution < 1.29 is 23.4 Å². The Morgan fingerprint density at radius 2 is 1.74 bits per heavy atom. The molecule has 0 aromatic heterocycles. The Balaban J connectivity index is 1.30. The Morgan fingerprint density at radius 3 is 2.37 bits per heavy atom. The third-order valence-electron chi connectivity index (χ3n) is 5.53. The van der Waals surface area contributed by atoms with Crippen molar-refractivity contribution in [2.45, 2.75) is 18.9 Å². The fourth-order valence-electron chi connectivity index (χ4n) is 4.26. The average molecular weight is 373 g/mol. The van der Waals surface area contributed by atoms with Crippen LogP contribution in [0.25, 0.3) is 0 Å². The molecule has 2 aliphatic rings. The summed E-state index contributed by atoms with van der Waals surface area (Å²) in [4.78, 5) is 14.5. The molecule has 0 amide bonds. The van der Waals surface area contributed by atoms with Crippen LogP contribution >= 0.6 is 0 Å². The molecule has 1 N–H and O–H groups in total. The molecule has 2 fully saturated rings. The quantitative estimate of drug-likeness (QED) is 0.813. The van der Waals surface area contributed by atoms with E-state index in [9.17, 15) is 18.7 Å². The molecular formula is C21H21F2NO3. The van der Waals surface area contributed by atoms with E-state index in [4.69, 9.17) is 4.74 Å². The second-order valence-corrected chi connectivity index (χ2v) is 7.47. The van der Waals surface area contributed by atoms with Crippen LogP contribution in [0.5, 0.6) is 11.5 Å². The number of hydrogen-bond acceptors (Lipinski definition) is 4. The first-order chi connectivity index (χ1) is 13.0. The molecule has 1 saturated carbocycles. The number of phenols is 1. The largest absolute Gasteiger partial charge is 0.508 e. The van der Waals surface area contributed by atoms with E-state index in [-0.39, 0.29) is 23.4 Å². The summed E-state index contributed by atoms with van der Waals surface area (Å²) < 4.78 is 32.5. The summed E-state index contributed by atoms with van der Waals surface area (Å²) in [6.45, 7) is 2.00. The van der Waals surface area contributed by atoms with Crippen molar-refractivity contribution in [3.05, 3.63) is 59.7 Å². The number of ether oxygens (including phenoxy) is 1. The van der Waals surface area contributed by atoms with E-state index in [1.165, 1.54) is 24.3 Å². The van der Waals surface area contributed by atoms with Crippen molar-refractivity contribution in [3.63, 3.8) is 0 Å². The van der Waals surface area contributed by atoms with E-state index < -0.39 is 11.6 Å². The molecule has 1 saturated heterocycles. The van der Waals surface area contributed by atoms with Gasteiger partial charge >= 0.3 is 0 Å². The van der Waals surface area contributed by atoms with Crippen LogP contribution in [-0.4, -0.2) is 41.5 Å². The number of phenolic OH excluding ortho intramolecular Hbond substituents is 1. The highest BCUT2D eigenvalue weighted by Gasteiger charge is 2.42. The zero-order valence-electron chi connectivity index (χ0n) is 14.8. The van der Waals surface area contributed by atoms with Crippen molar-refractivity contribution in [3.8, 4) is 11.5 Å². The van der Waals surface area contributed by atoms with Gasteiger partial charge in [0.05, 0.1) is 12.6 Å². The van der Waals surface area contributed by atoms with Gasteiger partial charge in [0.1, 0.15) is 11.6 Å². The Hall–Kier alpha value is -2.47. The number of nitrogens with zero attached hydrogens (tertiary/aromatic N) is 1. The highest BCUT2D eigenvalue weighted by molar-refractivity contribution is 5.97. The minimum Gasteiger partial charge on any atom is -0.508 e. The second-order valence-electron chi connectivity index (χ2n) is 7.47. The van der Waals surface area contributed by atoms with Crippen molar-refractivity contribution in [1.29, 1.82) is 0 Å². The molecule has 0 bridgehead atoms. The normalized spacial score (nSPS) is 24.7. The number of benzene rings is 2. The van der Waals surface area contributed by atoms with Crippen LogP contribution in [0.3, 0.4) is 0 Å². The van der Waals surface area contributed by atoms with Gasteiger partial charge in [-0.05, 0) is 61.1 Å². The highest BCUT2D eigenvalue weighted by Crippen LogP contribution is 2.40. The van der Waals surface area contributed by atoms with Crippen LogP contribution in [0, 0.1) is 23.5 Å². The minimum absolute atomic E-state index is 0.0381. The fraction of sp³-hybridized carbons (Fsp3) is 0.381. The SMILES string of the molecule is O=C(CN1C[C@H]2C[C@@H](Oc3ccc(F)cc3F)C[C@H]2C1)c1ccc(O)cc1. The summed E-state index contributed by atoms with van der Waals surface area (Å²) in [7, 11) is 0. The lowest BCUT2D eigenvalue weighted by Crippen LogP contribution is -2.30. The van der Waals surface area contributed by atoms with Crippen molar-refractivity contribution in [1.82, 2.24) is 4.90 Å². The number of ketones is 1. The number of carbonyl (C=O) groups is 1. The first-order valence-electron chi connectivity index (χ1n) is 9.14. The number of likely N-dealkylation sites (tertiary alicyclic amines) is 1. The topological polar surface area (TPSA) is 49.8 Å². The van der Waals surface area contributed by atoms with Gasteiger partial charge in [-0.1, -0.05) is 0 Å². The van der Waals surface area contributed by atoms with Gasteiger partial charge in [0.25, 0.3) is 0 Å². The van der Waals surface area contributed by atoms with Crippen molar-refractivity contribution >= 4 is 5.78 Å². The molecule has 1 aliphatic heterocycles. The molecule has 4 rings (SSSR count). The number of halogens is 2. The Kier molecular flexibility index (Phi) is 4.83. The molecule has 0 spiro atoms. The lowest BCUT2D eigenvalue weighted by atomic mass is 10.0. The molecule has 0 radical (unpaired) electrons. The molecule has 1 aliphatic carbocycles. The minimum atomic E-state index is -0.673. The molecule has 3 atom stereocenters. The maximum absolute atomic E-state index is 13.8. The van der Waals surface area contributed by atoms with Gasteiger partial charge in [-0.25, -0.2) is 8.78 Å². The van der Waals surface area contributed by atoms with E-state index >= 15 is 0 Å². The van der Waals surface area contributed by atoms with Crippen molar-refractivity contribution in [2.24, 2.45) is 11.8 Å². The lowest BCUT2D eigenvalue weighted by molar-refractivity contribution is 0.0936. The fourth-order valence-corrected chi connectivity index (χ4v) is 4.26. The van der Waals surface area contributed by atoms with Crippen LogP contribution in [0.4, 0.5) is 8.78 Å². The van der Waals surface area contributed by atoms with Gasteiger partial charge in [0, 0.05) is 24.7 Å². The summed E-state index contributed by atoms with van der Waals surface area (Å²) in [5.74, 6) is -0.162. The predicted molar refractivity (Wildman–Crippen MR) is 95.9 cm³/mol. The van der Waals surface area contributed by atoms with Gasteiger partial charge in [0.2, 0.25) is 0 Å². The Morgan fingerprint density at radius 1 is 1.07 bits per heavy atom. The van der Waals surface area contributed by atoms with Crippen LogP contribution < -0.4 is 4.74 Å². The summed E-state index contributed by atoms with van der Waals surface area (Å²) in [5.41, 5.74) is 0.595. The third-order valence-corrected chi connectivity index (χ3v) is 5.53. The van der Waals surface area contributed by atoms with Crippen LogP contribution in [0.2, 0.25) is 0 Å². The zero-order valence-corrected chi connectivity index (χ0v) is 14.8. The molecule has 142 valence electrons. The van der Waals surface area contributed by atoms with Crippen LogP contribution in [0.15, 0.2) is 42.5 Å². The first kappa shape index (κ1) is 17.9. The summed E-state index contributed by atoms with van der Waals surface area (Å²) in [5, 5.41) is 9.32. The highest BCUT2D eigenvalue weighted by atomic mass is 19.1. The average Bonchev–Trinajstić information content (AvgIpc) is 3.15. The van der Waals surface area contributed by atoms with Gasteiger partial charge in [0.15, 0.2) is 17.3 Å². The second kappa shape index (κ2) is 7.27. The monoisotopic (exact) mass is 373 g/mol. The maximum atomic E-state index is 13.8. The molecule has 27 heavy (non-hydrogen) atoms. The Bertz CT molecular complexity index is 826. The third kappa shape index (κ3) is 3.95. The summed E-state index contributed by atoms with van der Waals surface area (Å²) in [6.07, 6.45) is 1.55. The van der Waals surface area contributed by atoms with Crippen LogP contribution in [-0.2, 0) is 0 Å².